The third-order valence-corrected chi connectivity index (χ3v) is 7.61. The van der Waals surface area contributed by atoms with Crippen LogP contribution in [-0.4, -0.2) is 8.42 Å². The molecule has 1 unspecified atom stereocenters. The van der Waals surface area contributed by atoms with Gasteiger partial charge in [-0.15, -0.1) is 11.3 Å². The molecule has 21 heavy (non-hydrogen) atoms. The van der Waals surface area contributed by atoms with Crippen molar-refractivity contribution in [1.29, 1.82) is 0 Å². The molecule has 2 rings (SSSR count). The van der Waals surface area contributed by atoms with E-state index in [1.54, 1.807) is 0 Å². The van der Waals surface area contributed by atoms with Crippen molar-refractivity contribution >= 4 is 48.9 Å². The minimum Gasteiger partial charge on any atom is -0.206 e. The van der Waals surface area contributed by atoms with Crippen LogP contribution in [0.25, 0.3) is 0 Å². The van der Waals surface area contributed by atoms with Gasteiger partial charge in [-0.3, -0.25) is 0 Å². The molecule has 0 aliphatic carbocycles. The zero-order valence-electron chi connectivity index (χ0n) is 11.8. The molecule has 3 nitrogen and oxygen atoms in total. The second-order valence-electron chi connectivity index (χ2n) is 4.89. The van der Waals surface area contributed by atoms with E-state index in [9.17, 15) is 8.42 Å². The number of rotatable bonds is 4. The normalized spacial score (nSPS) is 13.4. The molecule has 0 fully saturated rings. The number of thiophene rings is 1. The van der Waals surface area contributed by atoms with Crippen LogP contribution in [-0.2, 0) is 10.0 Å². The molecule has 7 heteroatoms. The molecular formula is C14H15BrClNO2S2. The SMILES string of the molecule is Cc1ccc(C)c(C(C)NS(=O)(=O)c2cc(Cl)c(Br)s2)c1. The molecule has 0 saturated carbocycles. The summed E-state index contributed by atoms with van der Waals surface area (Å²) in [6, 6.07) is 7.15. The minimum atomic E-state index is -3.58. The Labute approximate surface area is 142 Å². The van der Waals surface area contributed by atoms with Gasteiger partial charge in [0.1, 0.15) is 4.21 Å². The van der Waals surface area contributed by atoms with Gasteiger partial charge >= 0.3 is 0 Å². The topological polar surface area (TPSA) is 46.2 Å². The van der Waals surface area contributed by atoms with Gasteiger partial charge in [0.15, 0.2) is 0 Å². The highest BCUT2D eigenvalue weighted by molar-refractivity contribution is 9.11. The third-order valence-electron chi connectivity index (χ3n) is 3.12. The van der Waals surface area contributed by atoms with Crippen LogP contribution in [0.2, 0.25) is 5.02 Å². The molecule has 2 aromatic rings. The van der Waals surface area contributed by atoms with E-state index in [0.717, 1.165) is 28.0 Å². The van der Waals surface area contributed by atoms with E-state index in [1.807, 2.05) is 39.0 Å². The van der Waals surface area contributed by atoms with E-state index < -0.39 is 10.0 Å². The number of hydrogen-bond donors (Lipinski definition) is 1. The van der Waals surface area contributed by atoms with Gasteiger partial charge in [-0.25, -0.2) is 13.1 Å². The number of sulfonamides is 1. The van der Waals surface area contributed by atoms with E-state index in [0.29, 0.717) is 8.81 Å². The van der Waals surface area contributed by atoms with Crippen molar-refractivity contribution in [1.82, 2.24) is 4.72 Å². The van der Waals surface area contributed by atoms with E-state index in [4.69, 9.17) is 11.6 Å². The largest absolute Gasteiger partial charge is 0.250 e. The van der Waals surface area contributed by atoms with Gasteiger partial charge in [-0.2, -0.15) is 0 Å². The lowest BCUT2D eigenvalue weighted by Gasteiger charge is -2.16. The Bertz CT molecular complexity index is 752. The molecule has 1 aromatic heterocycles. The number of nitrogens with one attached hydrogen (secondary N) is 1. The number of benzene rings is 1. The van der Waals surface area contributed by atoms with Gasteiger partial charge in [-0.05, 0) is 53.9 Å². The van der Waals surface area contributed by atoms with Crippen LogP contribution < -0.4 is 4.72 Å². The van der Waals surface area contributed by atoms with Crippen molar-refractivity contribution in [2.24, 2.45) is 0 Å². The lowest BCUT2D eigenvalue weighted by Crippen LogP contribution is -2.26. The Morgan fingerprint density at radius 3 is 2.52 bits per heavy atom. The van der Waals surface area contributed by atoms with Crippen molar-refractivity contribution in [2.45, 2.75) is 31.0 Å². The average molecular weight is 409 g/mol. The molecule has 1 aromatic carbocycles. The fraction of sp³-hybridized carbons (Fsp3) is 0.286. The molecule has 1 atom stereocenters. The van der Waals surface area contributed by atoms with Gasteiger partial charge in [-0.1, -0.05) is 35.4 Å². The molecule has 0 aliphatic rings. The summed E-state index contributed by atoms with van der Waals surface area (Å²) in [5.41, 5.74) is 3.13. The number of aryl methyl sites for hydroxylation is 2. The Balaban J connectivity index is 2.29. The summed E-state index contributed by atoms with van der Waals surface area (Å²) >= 11 is 10.2. The molecule has 0 saturated heterocycles. The van der Waals surface area contributed by atoms with E-state index in [-0.39, 0.29) is 10.3 Å². The molecule has 1 heterocycles. The first-order chi connectivity index (χ1) is 9.70. The number of hydrogen-bond acceptors (Lipinski definition) is 3. The van der Waals surface area contributed by atoms with Crippen LogP contribution in [0.3, 0.4) is 0 Å². The predicted octanol–water partition coefficient (Wildman–Crippen LogP) is 4.82. The fourth-order valence-corrected chi connectivity index (χ4v) is 5.68. The standard InChI is InChI=1S/C14H15BrClNO2S2/c1-8-4-5-9(2)11(6-8)10(3)17-21(18,19)13-7-12(16)14(15)20-13/h4-7,10,17H,1-3H3. The Morgan fingerprint density at radius 1 is 1.29 bits per heavy atom. The van der Waals surface area contributed by atoms with Crippen molar-refractivity contribution in [3.63, 3.8) is 0 Å². The Morgan fingerprint density at radius 2 is 1.95 bits per heavy atom. The molecule has 0 bridgehead atoms. The highest BCUT2D eigenvalue weighted by Gasteiger charge is 2.22. The molecule has 0 aliphatic heterocycles. The van der Waals surface area contributed by atoms with Crippen LogP contribution in [0.4, 0.5) is 0 Å². The van der Waals surface area contributed by atoms with Crippen LogP contribution in [0.15, 0.2) is 32.3 Å². The second kappa shape index (κ2) is 6.38. The molecule has 0 spiro atoms. The molecule has 1 N–H and O–H groups in total. The van der Waals surface area contributed by atoms with E-state index in [2.05, 4.69) is 20.7 Å². The summed E-state index contributed by atoms with van der Waals surface area (Å²) in [5, 5.41) is 0.403. The summed E-state index contributed by atoms with van der Waals surface area (Å²) in [6.45, 7) is 5.79. The van der Waals surface area contributed by atoms with Crippen LogP contribution >= 0.6 is 38.9 Å². The maximum Gasteiger partial charge on any atom is 0.250 e. The molecule has 114 valence electrons. The van der Waals surface area contributed by atoms with Gasteiger partial charge in [0.2, 0.25) is 0 Å². The molecular weight excluding hydrogens is 394 g/mol. The first-order valence-corrected chi connectivity index (χ1v) is 9.72. The minimum absolute atomic E-state index is 0.205. The fourth-order valence-electron chi connectivity index (χ4n) is 2.04. The van der Waals surface area contributed by atoms with Crippen molar-refractivity contribution < 1.29 is 8.42 Å². The summed E-state index contributed by atoms with van der Waals surface area (Å²) in [6.07, 6.45) is 0. The predicted molar refractivity (Wildman–Crippen MR) is 91.7 cm³/mol. The lowest BCUT2D eigenvalue weighted by atomic mass is 10.0. The Kier molecular flexibility index (Phi) is 5.15. The second-order valence-corrected chi connectivity index (χ2v) is 9.61. The quantitative estimate of drug-likeness (QED) is 0.788. The first kappa shape index (κ1) is 17.0. The van der Waals surface area contributed by atoms with Gasteiger partial charge in [0.25, 0.3) is 10.0 Å². The maximum absolute atomic E-state index is 12.4. The molecule has 0 amide bonds. The zero-order chi connectivity index (χ0) is 15.8. The van der Waals surface area contributed by atoms with Crippen molar-refractivity contribution in [3.8, 4) is 0 Å². The van der Waals surface area contributed by atoms with Crippen LogP contribution in [0.5, 0.6) is 0 Å². The maximum atomic E-state index is 12.4. The zero-order valence-corrected chi connectivity index (χ0v) is 15.8. The lowest BCUT2D eigenvalue weighted by molar-refractivity contribution is 0.568. The number of halogens is 2. The van der Waals surface area contributed by atoms with Gasteiger partial charge in [0.05, 0.1) is 8.81 Å². The van der Waals surface area contributed by atoms with Crippen LogP contribution in [0.1, 0.15) is 29.7 Å². The van der Waals surface area contributed by atoms with Gasteiger partial charge < -0.3 is 0 Å². The summed E-state index contributed by atoms with van der Waals surface area (Å²) in [7, 11) is -3.58. The monoisotopic (exact) mass is 407 g/mol. The van der Waals surface area contributed by atoms with Crippen molar-refractivity contribution in [3.05, 3.63) is 49.8 Å². The highest BCUT2D eigenvalue weighted by atomic mass is 79.9. The Hall–Kier alpha value is -0.400. The molecule has 0 radical (unpaired) electrons. The summed E-state index contributed by atoms with van der Waals surface area (Å²) < 4.78 is 28.3. The summed E-state index contributed by atoms with van der Waals surface area (Å²) in [4.78, 5) is 0. The van der Waals surface area contributed by atoms with Crippen LogP contribution in [0, 0.1) is 13.8 Å². The third kappa shape index (κ3) is 3.87. The first-order valence-electron chi connectivity index (χ1n) is 6.25. The average Bonchev–Trinajstić information content (AvgIpc) is 2.73. The van der Waals surface area contributed by atoms with E-state index >= 15 is 0 Å². The van der Waals surface area contributed by atoms with E-state index in [1.165, 1.54) is 6.07 Å². The van der Waals surface area contributed by atoms with Gasteiger partial charge in [0, 0.05) is 6.04 Å². The highest BCUT2D eigenvalue weighted by Crippen LogP contribution is 2.35. The smallest absolute Gasteiger partial charge is 0.206 e. The van der Waals surface area contributed by atoms with Crippen molar-refractivity contribution in [2.75, 3.05) is 0 Å². The summed E-state index contributed by atoms with van der Waals surface area (Å²) in [5.74, 6) is 0.